The Hall–Kier alpha value is -1.10. The van der Waals surface area contributed by atoms with Gasteiger partial charge < -0.3 is 19.7 Å². The first kappa shape index (κ1) is 13.0. The van der Waals surface area contributed by atoms with Crippen molar-refractivity contribution >= 4 is 0 Å². The van der Waals surface area contributed by atoms with Gasteiger partial charge in [-0.05, 0) is 24.6 Å². The molecule has 4 heteroatoms. The molecule has 0 saturated carbocycles. The summed E-state index contributed by atoms with van der Waals surface area (Å²) in [7, 11) is 1.53. The molecule has 0 saturated heterocycles. The molecule has 0 aliphatic carbocycles. The fraction of sp³-hybridized carbons (Fsp3) is 0.500. The second-order valence-corrected chi connectivity index (χ2v) is 3.67. The summed E-state index contributed by atoms with van der Waals surface area (Å²) in [6.07, 6.45) is -1.16. The van der Waals surface area contributed by atoms with E-state index in [1.807, 2.05) is 6.07 Å². The lowest BCUT2D eigenvalue weighted by Crippen LogP contribution is -2.22. The highest BCUT2D eigenvalue weighted by Crippen LogP contribution is 2.18. The minimum atomic E-state index is -0.639. The van der Waals surface area contributed by atoms with Crippen LogP contribution in [0.3, 0.4) is 0 Å². The van der Waals surface area contributed by atoms with Crippen LogP contribution in [0, 0.1) is 0 Å². The fourth-order valence-electron chi connectivity index (χ4n) is 1.30. The van der Waals surface area contributed by atoms with Gasteiger partial charge in [-0.2, -0.15) is 0 Å². The van der Waals surface area contributed by atoms with Crippen molar-refractivity contribution in [3.8, 4) is 5.75 Å². The Morgan fingerprint density at radius 2 is 2.00 bits per heavy atom. The SMILES string of the molecule is COCC(O)COc1cccc([C@H](C)O)c1. The topological polar surface area (TPSA) is 58.9 Å². The lowest BCUT2D eigenvalue weighted by Gasteiger charge is -2.12. The van der Waals surface area contributed by atoms with Crippen molar-refractivity contribution in [2.24, 2.45) is 0 Å². The second-order valence-electron chi connectivity index (χ2n) is 3.67. The van der Waals surface area contributed by atoms with Crippen LogP contribution in [0.25, 0.3) is 0 Å². The molecule has 1 unspecified atom stereocenters. The summed E-state index contributed by atoms with van der Waals surface area (Å²) in [5, 5.41) is 18.8. The lowest BCUT2D eigenvalue weighted by molar-refractivity contribution is 0.0325. The van der Waals surface area contributed by atoms with Gasteiger partial charge in [0.1, 0.15) is 18.5 Å². The molecule has 1 rings (SSSR count). The Labute approximate surface area is 95.4 Å². The van der Waals surface area contributed by atoms with Crippen molar-refractivity contribution in [1.82, 2.24) is 0 Å². The molecule has 0 heterocycles. The summed E-state index contributed by atoms with van der Waals surface area (Å²) < 4.78 is 10.2. The number of aliphatic hydroxyl groups excluding tert-OH is 2. The summed E-state index contributed by atoms with van der Waals surface area (Å²) in [4.78, 5) is 0. The van der Waals surface area contributed by atoms with Crippen molar-refractivity contribution in [3.63, 3.8) is 0 Å². The fourth-order valence-corrected chi connectivity index (χ4v) is 1.30. The van der Waals surface area contributed by atoms with Crippen molar-refractivity contribution in [1.29, 1.82) is 0 Å². The van der Waals surface area contributed by atoms with Gasteiger partial charge in [-0.15, -0.1) is 0 Å². The molecule has 0 aliphatic rings. The third-order valence-electron chi connectivity index (χ3n) is 2.14. The van der Waals surface area contributed by atoms with Crippen LogP contribution >= 0.6 is 0 Å². The molecule has 2 N–H and O–H groups in total. The van der Waals surface area contributed by atoms with Gasteiger partial charge >= 0.3 is 0 Å². The van der Waals surface area contributed by atoms with Gasteiger partial charge in [0.25, 0.3) is 0 Å². The average molecular weight is 226 g/mol. The average Bonchev–Trinajstić information content (AvgIpc) is 2.27. The van der Waals surface area contributed by atoms with Crippen LogP contribution in [0.1, 0.15) is 18.6 Å². The van der Waals surface area contributed by atoms with Gasteiger partial charge in [-0.1, -0.05) is 12.1 Å². The van der Waals surface area contributed by atoms with E-state index in [0.717, 1.165) is 5.56 Å². The number of hydrogen-bond donors (Lipinski definition) is 2. The minimum Gasteiger partial charge on any atom is -0.491 e. The minimum absolute atomic E-state index is 0.178. The molecule has 4 nitrogen and oxygen atoms in total. The highest BCUT2D eigenvalue weighted by atomic mass is 16.5. The molecule has 0 aliphatic heterocycles. The van der Waals surface area contributed by atoms with E-state index in [1.165, 1.54) is 7.11 Å². The number of methoxy groups -OCH3 is 1. The molecule has 90 valence electrons. The zero-order valence-electron chi connectivity index (χ0n) is 9.59. The summed E-state index contributed by atoms with van der Waals surface area (Å²) in [5.74, 6) is 0.633. The standard InChI is InChI=1S/C12H18O4/c1-9(13)10-4-3-5-12(6-10)16-8-11(14)7-15-2/h3-6,9,11,13-14H,7-8H2,1-2H3/t9-,11?/m0/s1. The van der Waals surface area contributed by atoms with E-state index in [2.05, 4.69) is 0 Å². The Balaban J connectivity index is 2.50. The van der Waals surface area contributed by atoms with E-state index >= 15 is 0 Å². The van der Waals surface area contributed by atoms with E-state index in [4.69, 9.17) is 9.47 Å². The first-order valence-corrected chi connectivity index (χ1v) is 5.21. The predicted molar refractivity (Wildman–Crippen MR) is 60.5 cm³/mol. The summed E-state index contributed by atoms with van der Waals surface area (Å²) in [5.41, 5.74) is 0.790. The maximum Gasteiger partial charge on any atom is 0.119 e. The molecule has 1 aromatic rings. The summed E-state index contributed by atoms with van der Waals surface area (Å²) >= 11 is 0. The van der Waals surface area contributed by atoms with Crippen LogP contribution < -0.4 is 4.74 Å². The maximum absolute atomic E-state index is 9.39. The Kier molecular flexibility index (Phi) is 5.25. The zero-order valence-corrected chi connectivity index (χ0v) is 9.59. The van der Waals surface area contributed by atoms with Crippen LogP contribution in [0.5, 0.6) is 5.75 Å². The molecule has 0 fully saturated rings. The molecule has 16 heavy (non-hydrogen) atoms. The zero-order chi connectivity index (χ0) is 12.0. The quantitative estimate of drug-likeness (QED) is 0.763. The van der Waals surface area contributed by atoms with Gasteiger partial charge in [0.05, 0.1) is 12.7 Å². The first-order chi connectivity index (χ1) is 7.63. The molecule has 0 spiro atoms. The van der Waals surface area contributed by atoms with Crippen LogP contribution in [0.2, 0.25) is 0 Å². The number of hydrogen-bond acceptors (Lipinski definition) is 4. The highest BCUT2D eigenvalue weighted by molar-refractivity contribution is 5.29. The van der Waals surface area contributed by atoms with E-state index in [-0.39, 0.29) is 13.2 Å². The molecular formula is C12H18O4. The van der Waals surface area contributed by atoms with Crippen LogP contribution in [0.4, 0.5) is 0 Å². The third kappa shape index (κ3) is 4.18. The largest absolute Gasteiger partial charge is 0.491 e. The molecule has 2 atom stereocenters. The van der Waals surface area contributed by atoms with E-state index < -0.39 is 12.2 Å². The number of ether oxygens (including phenoxy) is 2. The van der Waals surface area contributed by atoms with Crippen molar-refractivity contribution in [3.05, 3.63) is 29.8 Å². The number of rotatable bonds is 6. The van der Waals surface area contributed by atoms with E-state index in [9.17, 15) is 10.2 Å². The monoisotopic (exact) mass is 226 g/mol. The number of benzene rings is 1. The maximum atomic E-state index is 9.39. The molecular weight excluding hydrogens is 208 g/mol. The van der Waals surface area contributed by atoms with Gasteiger partial charge in [-0.3, -0.25) is 0 Å². The summed E-state index contributed by atoms with van der Waals surface area (Å²) in [6, 6.07) is 7.17. The van der Waals surface area contributed by atoms with Crippen LogP contribution in [0.15, 0.2) is 24.3 Å². The third-order valence-corrected chi connectivity index (χ3v) is 2.14. The molecule has 0 aromatic heterocycles. The highest BCUT2D eigenvalue weighted by Gasteiger charge is 2.06. The molecule has 0 amide bonds. The normalized spacial score (nSPS) is 14.5. The van der Waals surface area contributed by atoms with Crippen molar-refractivity contribution in [2.75, 3.05) is 20.3 Å². The Morgan fingerprint density at radius 1 is 1.25 bits per heavy atom. The molecule has 0 bridgehead atoms. The Morgan fingerprint density at radius 3 is 2.62 bits per heavy atom. The number of aliphatic hydroxyl groups is 2. The van der Waals surface area contributed by atoms with Gasteiger partial charge in [0, 0.05) is 7.11 Å². The second kappa shape index (κ2) is 6.48. The molecule has 0 radical (unpaired) electrons. The van der Waals surface area contributed by atoms with Gasteiger partial charge in [-0.25, -0.2) is 0 Å². The Bertz CT molecular complexity index is 312. The first-order valence-electron chi connectivity index (χ1n) is 5.21. The predicted octanol–water partition coefficient (Wildman–Crippen LogP) is 1.13. The van der Waals surface area contributed by atoms with Crippen LogP contribution in [-0.2, 0) is 4.74 Å². The van der Waals surface area contributed by atoms with Crippen LogP contribution in [-0.4, -0.2) is 36.6 Å². The van der Waals surface area contributed by atoms with Gasteiger partial charge in [0.15, 0.2) is 0 Å². The van der Waals surface area contributed by atoms with Crippen molar-refractivity contribution < 1.29 is 19.7 Å². The van der Waals surface area contributed by atoms with E-state index in [1.54, 1.807) is 25.1 Å². The van der Waals surface area contributed by atoms with Crippen molar-refractivity contribution in [2.45, 2.75) is 19.1 Å². The lowest BCUT2D eigenvalue weighted by atomic mass is 10.1. The molecule has 1 aromatic carbocycles. The summed E-state index contributed by atoms with van der Waals surface area (Å²) in [6.45, 7) is 2.12. The van der Waals surface area contributed by atoms with E-state index in [0.29, 0.717) is 5.75 Å². The van der Waals surface area contributed by atoms with Gasteiger partial charge in [0.2, 0.25) is 0 Å². The smallest absolute Gasteiger partial charge is 0.119 e.